The highest BCUT2D eigenvalue weighted by Crippen LogP contribution is 2.14. The number of methoxy groups -OCH3 is 1. The second-order valence-electron chi connectivity index (χ2n) is 4.20. The molecule has 1 unspecified atom stereocenters. The van der Waals surface area contributed by atoms with E-state index >= 15 is 0 Å². The van der Waals surface area contributed by atoms with Gasteiger partial charge in [0.15, 0.2) is 0 Å². The predicted molar refractivity (Wildman–Crippen MR) is 57.5 cm³/mol. The van der Waals surface area contributed by atoms with Gasteiger partial charge < -0.3 is 14.7 Å². The monoisotopic (exact) mass is 215 g/mol. The van der Waals surface area contributed by atoms with Crippen LogP contribution in [0.1, 0.15) is 32.6 Å². The Hall–Kier alpha value is -0.610. The van der Waals surface area contributed by atoms with Crippen LogP contribution in [0.2, 0.25) is 0 Å². The van der Waals surface area contributed by atoms with Crippen molar-refractivity contribution in [1.29, 1.82) is 0 Å². The van der Waals surface area contributed by atoms with E-state index < -0.39 is 0 Å². The van der Waals surface area contributed by atoms with Crippen LogP contribution in [-0.2, 0) is 9.53 Å². The first-order valence-electron chi connectivity index (χ1n) is 5.62. The molecule has 0 spiro atoms. The first-order valence-corrected chi connectivity index (χ1v) is 5.62. The van der Waals surface area contributed by atoms with Gasteiger partial charge in [-0.1, -0.05) is 0 Å². The molecule has 88 valence electrons. The fourth-order valence-electron chi connectivity index (χ4n) is 1.83. The van der Waals surface area contributed by atoms with Crippen molar-refractivity contribution in [1.82, 2.24) is 4.90 Å². The van der Waals surface area contributed by atoms with Gasteiger partial charge in [0, 0.05) is 26.6 Å². The van der Waals surface area contributed by atoms with Gasteiger partial charge in [0.25, 0.3) is 0 Å². The molecule has 0 aromatic carbocycles. The van der Waals surface area contributed by atoms with Gasteiger partial charge in [-0.15, -0.1) is 0 Å². The van der Waals surface area contributed by atoms with Crippen molar-refractivity contribution in [2.24, 2.45) is 0 Å². The van der Waals surface area contributed by atoms with Gasteiger partial charge >= 0.3 is 0 Å². The summed E-state index contributed by atoms with van der Waals surface area (Å²) in [5, 5.41) is 9.09. The Kier molecular flexibility index (Phi) is 5.05. The zero-order valence-electron chi connectivity index (χ0n) is 9.61. The first kappa shape index (κ1) is 12.5. The molecule has 4 heteroatoms. The van der Waals surface area contributed by atoms with E-state index in [1.165, 1.54) is 0 Å². The highest BCUT2D eigenvalue weighted by molar-refractivity contribution is 5.76. The lowest BCUT2D eigenvalue weighted by atomic mass is 10.1. The van der Waals surface area contributed by atoms with Crippen molar-refractivity contribution >= 4 is 5.91 Å². The molecule has 0 saturated carbocycles. The fourth-order valence-corrected chi connectivity index (χ4v) is 1.83. The summed E-state index contributed by atoms with van der Waals surface area (Å²) in [5.74, 6) is 0.158. The van der Waals surface area contributed by atoms with Crippen LogP contribution < -0.4 is 0 Å². The fraction of sp³-hybridized carbons (Fsp3) is 0.909. The molecule has 15 heavy (non-hydrogen) atoms. The molecule has 1 rings (SSSR count). The van der Waals surface area contributed by atoms with E-state index in [1.807, 2.05) is 4.90 Å². The van der Waals surface area contributed by atoms with Crippen LogP contribution in [0.4, 0.5) is 0 Å². The second kappa shape index (κ2) is 6.08. The Morgan fingerprint density at radius 1 is 1.53 bits per heavy atom. The van der Waals surface area contributed by atoms with Crippen LogP contribution in [0.3, 0.4) is 0 Å². The van der Waals surface area contributed by atoms with Crippen LogP contribution in [0, 0.1) is 0 Å². The third-order valence-electron chi connectivity index (χ3n) is 2.90. The number of hydrogen-bond acceptors (Lipinski definition) is 3. The summed E-state index contributed by atoms with van der Waals surface area (Å²) in [5.41, 5.74) is 0. The lowest BCUT2D eigenvalue weighted by Crippen LogP contribution is -2.40. The average Bonchev–Trinajstić information content (AvgIpc) is 2.26. The van der Waals surface area contributed by atoms with Crippen LogP contribution in [0.15, 0.2) is 0 Å². The molecular weight excluding hydrogens is 194 g/mol. The first-order chi connectivity index (χ1) is 7.13. The molecule has 1 amide bonds. The molecule has 1 fully saturated rings. The highest BCUT2D eigenvalue weighted by atomic mass is 16.5. The largest absolute Gasteiger partial charge is 0.393 e. The van der Waals surface area contributed by atoms with Crippen molar-refractivity contribution in [3.8, 4) is 0 Å². The molecule has 1 saturated heterocycles. The molecule has 1 aliphatic heterocycles. The summed E-state index contributed by atoms with van der Waals surface area (Å²) in [6.07, 6.45) is 2.79. The number of aliphatic hydroxyl groups is 1. The van der Waals surface area contributed by atoms with Crippen molar-refractivity contribution in [3.05, 3.63) is 0 Å². The number of carbonyl (C=O) groups is 1. The summed E-state index contributed by atoms with van der Waals surface area (Å²) in [7, 11) is 1.72. The number of aliphatic hydroxyl groups excluding tert-OH is 1. The maximum atomic E-state index is 11.7. The highest BCUT2D eigenvalue weighted by Gasteiger charge is 2.22. The van der Waals surface area contributed by atoms with Crippen molar-refractivity contribution in [3.63, 3.8) is 0 Å². The van der Waals surface area contributed by atoms with Crippen molar-refractivity contribution < 1.29 is 14.6 Å². The molecule has 1 atom stereocenters. The third kappa shape index (κ3) is 4.18. The summed E-state index contributed by atoms with van der Waals surface area (Å²) >= 11 is 0. The number of likely N-dealkylation sites (tertiary alicyclic amines) is 1. The molecule has 0 bridgehead atoms. The van der Waals surface area contributed by atoms with Gasteiger partial charge in [-0.3, -0.25) is 4.79 Å². The van der Waals surface area contributed by atoms with E-state index in [4.69, 9.17) is 9.84 Å². The Morgan fingerprint density at radius 2 is 2.13 bits per heavy atom. The van der Waals surface area contributed by atoms with Gasteiger partial charge in [-0.25, -0.2) is 0 Å². The van der Waals surface area contributed by atoms with Gasteiger partial charge in [0.1, 0.15) is 0 Å². The van der Waals surface area contributed by atoms with Crippen LogP contribution >= 0.6 is 0 Å². The second-order valence-corrected chi connectivity index (χ2v) is 4.20. The van der Waals surface area contributed by atoms with Crippen molar-refractivity contribution in [2.75, 3.05) is 20.2 Å². The smallest absolute Gasteiger partial charge is 0.222 e. The van der Waals surface area contributed by atoms with E-state index in [1.54, 1.807) is 14.0 Å². The summed E-state index contributed by atoms with van der Waals surface area (Å²) in [6.45, 7) is 3.29. The molecule has 0 aromatic heterocycles. The zero-order valence-corrected chi connectivity index (χ0v) is 9.61. The maximum Gasteiger partial charge on any atom is 0.222 e. The lowest BCUT2D eigenvalue weighted by molar-refractivity contribution is -0.134. The average molecular weight is 215 g/mol. The number of piperidine rings is 1. The standard InChI is InChI=1S/C11H21NO3/c1-9(13)3-4-11(14)12-7-5-10(15-2)6-8-12/h9-10,13H,3-8H2,1-2H3. The lowest BCUT2D eigenvalue weighted by Gasteiger charge is -2.31. The Balaban J connectivity index is 2.24. The summed E-state index contributed by atoms with van der Waals surface area (Å²) in [6, 6.07) is 0. The van der Waals surface area contributed by atoms with Gasteiger partial charge in [-0.05, 0) is 26.2 Å². The number of rotatable bonds is 4. The summed E-state index contributed by atoms with van der Waals surface area (Å²) < 4.78 is 5.24. The number of amides is 1. The van der Waals surface area contributed by atoms with Gasteiger partial charge in [0.05, 0.1) is 12.2 Å². The van der Waals surface area contributed by atoms with Gasteiger partial charge in [0.2, 0.25) is 5.91 Å². The van der Waals surface area contributed by atoms with Gasteiger partial charge in [-0.2, -0.15) is 0 Å². The predicted octanol–water partition coefficient (Wildman–Crippen LogP) is 0.785. The third-order valence-corrected chi connectivity index (χ3v) is 2.90. The van der Waals surface area contributed by atoms with E-state index in [0.717, 1.165) is 25.9 Å². The van der Waals surface area contributed by atoms with Crippen molar-refractivity contribution in [2.45, 2.75) is 44.8 Å². The minimum atomic E-state index is -0.384. The number of hydrogen-bond donors (Lipinski definition) is 1. The molecule has 1 N–H and O–H groups in total. The Morgan fingerprint density at radius 3 is 2.60 bits per heavy atom. The summed E-state index contributed by atoms with van der Waals surface area (Å²) in [4.78, 5) is 13.5. The van der Waals surface area contributed by atoms with Crippen LogP contribution in [0.25, 0.3) is 0 Å². The number of nitrogens with zero attached hydrogens (tertiary/aromatic N) is 1. The maximum absolute atomic E-state index is 11.7. The quantitative estimate of drug-likeness (QED) is 0.754. The SMILES string of the molecule is COC1CCN(C(=O)CCC(C)O)CC1. The van der Waals surface area contributed by atoms with E-state index in [-0.39, 0.29) is 12.0 Å². The normalized spacial score (nSPS) is 20.3. The van der Waals surface area contributed by atoms with E-state index in [0.29, 0.717) is 18.9 Å². The minimum Gasteiger partial charge on any atom is -0.393 e. The van der Waals surface area contributed by atoms with Crippen LogP contribution in [0.5, 0.6) is 0 Å². The topological polar surface area (TPSA) is 49.8 Å². The molecule has 4 nitrogen and oxygen atoms in total. The number of ether oxygens (including phenoxy) is 1. The Bertz CT molecular complexity index is 198. The van der Waals surface area contributed by atoms with Crippen LogP contribution in [-0.4, -0.2) is 48.3 Å². The molecule has 0 radical (unpaired) electrons. The molecule has 0 aliphatic carbocycles. The zero-order chi connectivity index (χ0) is 11.3. The minimum absolute atomic E-state index is 0.158. The molecule has 0 aromatic rings. The van der Waals surface area contributed by atoms with E-state index in [9.17, 15) is 4.79 Å². The molecule has 1 heterocycles. The Labute approximate surface area is 91.2 Å². The van der Waals surface area contributed by atoms with E-state index in [2.05, 4.69) is 0 Å². The number of carbonyl (C=O) groups excluding carboxylic acids is 1. The molecule has 1 aliphatic rings. The molecular formula is C11H21NO3.